The molecular formula is C35H54N4O7S. The minimum atomic E-state index is -3.92. The second-order valence-corrected chi connectivity index (χ2v) is 14.8. The number of likely N-dealkylation sites (N-methyl/N-ethyl adjacent to an activating group) is 1. The van der Waals surface area contributed by atoms with Crippen molar-refractivity contribution in [2.45, 2.75) is 82.9 Å². The van der Waals surface area contributed by atoms with E-state index in [1.807, 2.05) is 34.9 Å². The number of rotatable bonds is 11. The van der Waals surface area contributed by atoms with Crippen LogP contribution in [-0.2, 0) is 19.6 Å². The maximum Gasteiger partial charge on any atom is 0.261 e. The number of aryl methyl sites for hydroxylation is 1. The Kier molecular flexibility index (Phi) is 14.5. The van der Waals surface area contributed by atoms with Gasteiger partial charge in [0.1, 0.15) is 5.75 Å². The van der Waals surface area contributed by atoms with Gasteiger partial charge in [0.2, 0.25) is 5.91 Å². The van der Waals surface area contributed by atoms with Crippen LogP contribution in [0, 0.1) is 12.8 Å². The number of anilines is 1. The third-order valence-electron chi connectivity index (χ3n) is 8.51. The van der Waals surface area contributed by atoms with Crippen molar-refractivity contribution in [2.24, 2.45) is 5.92 Å². The van der Waals surface area contributed by atoms with Gasteiger partial charge in [-0.3, -0.25) is 14.3 Å². The van der Waals surface area contributed by atoms with E-state index in [2.05, 4.69) is 9.62 Å². The number of amides is 2. The predicted octanol–water partition coefficient (Wildman–Crippen LogP) is 4.39. The van der Waals surface area contributed by atoms with E-state index < -0.39 is 22.0 Å². The first kappa shape index (κ1) is 38.3. The van der Waals surface area contributed by atoms with Crippen molar-refractivity contribution < 1.29 is 32.6 Å². The minimum absolute atomic E-state index is 0.0410. The molecule has 262 valence electrons. The van der Waals surface area contributed by atoms with Crippen LogP contribution in [0.3, 0.4) is 0 Å². The van der Waals surface area contributed by atoms with Crippen LogP contribution < -0.4 is 9.46 Å². The van der Waals surface area contributed by atoms with Crippen molar-refractivity contribution in [3.63, 3.8) is 0 Å². The lowest BCUT2D eigenvalue weighted by Gasteiger charge is -2.36. The highest BCUT2D eigenvalue weighted by Crippen LogP contribution is 2.29. The van der Waals surface area contributed by atoms with Crippen LogP contribution in [0.5, 0.6) is 5.75 Å². The Morgan fingerprint density at radius 2 is 1.81 bits per heavy atom. The standard InChI is InChI=1S/C35H54N4O7S/c1-25-13-16-30(17-14-25)47(43,44)36-29-15-18-32-31(21-29)35(42)39(27(3)24-40)22-26(2)33(45-20-9-8-11-28(4)46-32)23-38(7)34(41)12-10-19-37(5)6/h13-18,21,26-28,33,36,40H,8-12,19-20,22-24H2,1-7H3/t26-,27-,28+,33-/m1/s1. The first-order valence-electron chi connectivity index (χ1n) is 16.5. The molecule has 4 atom stereocenters. The van der Waals surface area contributed by atoms with Crippen LogP contribution in [0.1, 0.15) is 68.8 Å². The number of nitrogens with one attached hydrogen (secondary N) is 1. The number of hydrogen-bond donors (Lipinski definition) is 2. The fourth-order valence-corrected chi connectivity index (χ4v) is 6.54. The molecule has 1 aliphatic rings. The van der Waals surface area contributed by atoms with Gasteiger partial charge in [-0.05, 0) is 97.4 Å². The molecule has 47 heavy (non-hydrogen) atoms. The monoisotopic (exact) mass is 674 g/mol. The van der Waals surface area contributed by atoms with E-state index in [1.54, 1.807) is 48.0 Å². The number of nitrogens with zero attached hydrogens (tertiary/aromatic N) is 3. The molecular weight excluding hydrogens is 620 g/mol. The number of carbonyl (C=O) groups is 2. The number of sulfonamides is 1. The van der Waals surface area contributed by atoms with Crippen molar-refractivity contribution in [1.29, 1.82) is 0 Å². The average Bonchev–Trinajstić information content (AvgIpc) is 3.02. The summed E-state index contributed by atoms with van der Waals surface area (Å²) in [6, 6.07) is 10.7. The van der Waals surface area contributed by atoms with Gasteiger partial charge in [0, 0.05) is 44.8 Å². The molecule has 0 bridgehead atoms. The minimum Gasteiger partial charge on any atom is -0.490 e. The van der Waals surface area contributed by atoms with Gasteiger partial charge in [-0.25, -0.2) is 8.42 Å². The van der Waals surface area contributed by atoms with E-state index in [0.29, 0.717) is 25.3 Å². The lowest BCUT2D eigenvalue weighted by atomic mass is 10.0. The molecule has 12 heteroatoms. The number of aliphatic hydroxyl groups excluding tert-OH is 1. The number of ether oxygens (including phenoxy) is 2. The second kappa shape index (κ2) is 17.8. The SMILES string of the molecule is Cc1ccc(S(=O)(=O)Nc2ccc3c(c2)C(=O)N([C@H](C)CO)C[C@@H](C)[C@@H](CN(C)C(=O)CCCN(C)C)OCCCC[C@H](C)O3)cc1. The number of benzene rings is 2. The van der Waals surface area contributed by atoms with Crippen molar-refractivity contribution in [3.05, 3.63) is 53.6 Å². The Bertz CT molecular complexity index is 1420. The van der Waals surface area contributed by atoms with E-state index in [-0.39, 0.29) is 53.3 Å². The predicted molar refractivity (Wildman–Crippen MR) is 184 cm³/mol. The summed E-state index contributed by atoms with van der Waals surface area (Å²) in [5, 5.41) is 10.2. The molecule has 2 aromatic carbocycles. The number of carbonyl (C=O) groups excluding carboxylic acids is 2. The molecule has 1 aliphatic heterocycles. The van der Waals surface area contributed by atoms with Crippen molar-refractivity contribution >= 4 is 27.5 Å². The molecule has 0 aromatic heterocycles. The molecule has 2 amide bonds. The molecule has 2 aromatic rings. The van der Waals surface area contributed by atoms with Crippen LogP contribution in [0.4, 0.5) is 5.69 Å². The molecule has 1 heterocycles. The Morgan fingerprint density at radius 1 is 1.11 bits per heavy atom. The molecule has 0 fully saturated rings. The van der Waals surface area contributed by atoms with Crippen LogP contribution in [-0.4, -0.2) is 112 Å². The highest BCUT2D eigenvalue weighted by molar-refractivity contribution is 7.92. The zero-order valence-corrected chi connectivity index (χ0v) is 29.9. The largest absolute Gasteiger partial charge is 0.490 e. The fourth-order valence-electron chi connectivity index (χ4n) is 5.49. The van der Waals surface area contributed by atoms with Crippen LogP contribution in [0.2, 0.25) is 0 Å². The van der Waals surface area contributed by atoms with Crippen molar-refractivity contribution in [3.8, 4) is 5.75 Å². The third kappa shape index (κ3) is 11.5. The molecule has 11 nitrogen and oxygen atoms in total. The zero-order chi connectivity index (χ0) is 34.7. The van der Waals surface area contributed by atoms with E-state index in [0.717, 1.165) is 37.8 Å². The lowest BCUT2D eigenvalue weighted by Crippen LogP contribution is -2.48. The quantitative estimate of drug-likeness (QED) is 0.359. The van der Waals surface area contributed by atoms with E-state index in [1.165, 1.54) is 18.2 Å². The Balaban J connectivity index is 1.93. The third-order valence-corrected chi connectivity index (χ3v) is 9.91. The van der Waals surface area contributed by atoms with E-state index in [9.17, 15) is 23.1 Å². The van der Waals surface area contributed by atoms with Crippen LogP contribution in [0.15, 0.2) is 47.4 Å². The fraction of sp³-hybridized carbons (Fsp3) is 0.600. The van der Waals surface area contributed by atoms with Crippen molar-refractivity contribution in [1.82, 2.24) is 14.7 Å². The maximum atomic E-state index is 14.3. The molecule has 0 saturated carbocycles. The number of hydrogen-bond acceptors (Lipinski definition) is 8. The van der Waals surface area contributed by atoms with E-state index >= 15 is 0 Å². The first-order chi connectivity index (χ1) is 22.2. The summed E-state index contributed by atoms with van der Waals surface area (Å²) in [6.07, 6.45) is 3.00. The van der Waals surface area contributed by atoms with E-state index in [4.69, 9.17) is 9.47 Å². The van der Waals surface area contributed by atoms with Gasteiger partial charge in [0.25, 0.3) is 15.9 Å². The molecule has 0 spiro atoms. The zero-order valence-electron chi connectivity index (χ0n) is 29.1. The van der Waals surface area contributed by atoms with Crippen LogP contribution in [0.25, 0.3) is 0 Å². The van der Waals surface area contributed by atoms with Gasteiger partial charge in [0.05, 0.1) is 35.3 Å². The molecule has 0 radical (unpaired) electrons. The summed E-state index contributed by atoms with van der Waals surface area (Å²) in [7, 11) is 1.83. The number of aliphatic hydroxyl groups is 1. The Hall–Kier alpha value is -3.19. The topological polar surface area (TPSA) is 129 Å². The summed E-state index contributed by atoms with van der Waals surface area (Å²) < 4.78 is 41.6. The summed E-state index contributed by atoms with van der Waals surface area (Å²) >= 11 is 0. The van der Waals surface area contributed by atoms with Gasteiger partial charge in [-0.15, -0.1) is 0 Å². The summed E-state index contributed by atoms with van der Waals surface area (Å²) in [5.74, 6) is -0.212. The highest BCUT2D eigenvalue weighted by atomic mass is 32.2. The number of fused-ring (bicyclic) bond motifs is 1. The molecule has 3 rings (SSSR count). The first-order valence-corrected chi connectivity index (χ1v) is 18.0. The van der Waals surface area contributed by atoms with Gasteiger partial charge < -0.3 is 29.3 Å². The Labute approximate surface area is 281 Å². The summed E-state index contributed by atoms with van der Waals surface area (Å²) in [4.78, 5) is 32.7. The van der Waals surface area contributed by atoms with Gasteiger partial charge in [0.15, 0.2) is 0 Å². The normalized spacial score (nSPS) is 20.6. The molecule has 0 aliphatic carbocycles. The summed E-state index contributed by atoms with van der Waals surface area (Å²) in [5.41, 5.74) is 1.34. The van der Waals surface area contributed by atoms with Crippen LogP contribution >= 0.6 is 0 Å². The van der Waals surface area contributed by atoms with Gasteiger partial charge in [-0.2, -0.15) is 0 Å². The molecule has 0 unspecified atom stereocenters. The van der Waals surface area contributed by atoms with Gasteiger partial charge in [-0.1, -0.05) is 24.6 Å². The second-order valence-electron chi connectivity index (χ2n) is 13.1. The maximum absolute atomic E-state index is 14.3. The smallest absolute Gasteiger partial charge is 0.261 e. The molecule has 2 N–H and O–H groups in total. The Morgan fingerprint density at radius 3 is 2.47 bits per heavy atom. The average molecular weight is 675 g/mol. The molecule has 0 saturated heterocycles. The lowest BCUT2D eigenvalue weighted by molar-refractivity contribution is -0.132. The summed E-state index contributed by atoms with van der Waals surface area (Å²) in [6.45, 7) is 9.23. The van der Waals surface area contributed by atoms with Crippen molar-refractivity contribution in [2.75, 3.05) is 58.7 Å². The van der Waals surface area contributed by atoms with Gasteiger partial charge >= 0.3 is 0 Å². The highest BCUT2D eigenvalue weighted by Gasteiger charge is 2.31.